The van der Waals surface area contributed by atoms with Crippen LogP contribution in [-0.2, 0) is 119 Å². The smallest absolute Gasteiger partial charge is 0.217 e. The van der Waals surface area contributed by atoms with E-state index in [2.05, 4.69) is 31.9 Å². The summed E-state index contributed by atoms with van der Waals surface area (Å²) in [4.78, 5) is 77.7. The Labute approximate surface area is 731 Å². The molecule has 0 radical (unpaired) electrons. The van der Waals surface area contributed by atoms with Crippen LogP contribution in [0.15, 0.2) is 0 Å². The second-order valence-electron chi connectivity index (χ2n) is 32.5. The van der Waals surface area contributed by atoms with Crippen molar-refractivity contribution in [3.05, 3.63) is 0 Å². The molecule has 0 aliphatic carbocycles. The average molecular weight is 1890 g/mol. The van der Waals surface area contributed by atoms with Crippen LogP contribution in [0.1, 0.15) is 41.5 Å². The van der Waals surface area contributed by atoms with Gasteiger partial charge in [0.05, 0.1) is 66.1 Å². The fourth-order valence-corrected chi connectivity index (χ4v) is 16.6. The summed E-state index contributed by atoms with van der Waals surface area (Å²) in [5.41, 5.74) is 0. The van der Waals surface area contributed by atoms with Crippen LogP contribution in [0, 0.1) is 0 Å². The molecule has 10 saturated heterocycles. The molecule has 0 aromatic carbocycles. The monoisotopic (exact) mass is 1880 g/mol. The third-order valence-corrected chi connectivity index (χ3v) is 23.3. The summed E-state index contributed by atoms with van der Waals surface area (Å²) in [6.45, 7) is -6.29. The van der Waals surface area contributed by atoms with Gasteiger partial charge < -0.3 is 255 Å². The number of hydrogen-bond acceptors (Lipinski definition) is 51. The summed E-state index contributed by atoms with van der Waals surface area (Å²) < 4.78 is 117. The first-order valence-electron chi connectivity index (χ1n) is 41.1. The van der Waals surface area contributed by atoms with Crippen LogP contribution in [0.2, 0.25) is 0 Å². The third kappa shape index (κ3) is 24.2. The van der Waals surface area contributed by atoms with Crippen LogP contribution in [0.5, 0.6) is 0 Å². The molecular weight excluding hydrogens is 1760 g/mol. The van der Waals surface area contributed by atoms with E-state index in [0.29, 0.717) is 0 Å². The van der Waals surface area contributed by atoms with Crippen LogP contribution in [0.4, 0.5) is 0 Å². The van der Waals surface area contributed by atoms with Gasteiger partial charge in [-0.25, -0.2) is 0 Å². The molecule has 57 nitrogen and oxygen atoms in total. The first-order valence-corrected chi connectivity index (χ1v) is 41.1. The summed E-state index contributed by atoms with van der Waals surface area (Å²) in [5.74, 6) is -5.76. The van der Waals surface area contributed by atoms with Crippen molar-refractivity contribution in [1.29, 1.82) is 0 Å². The Balaban J connectivity index is 1.15. The molecule has 0 spiro atoms. The van der Waals surface area contributed by atoms with Gasteiger partial charge in [-0.2, -0.15) is 0 Å². The number of amides is 6. The number of nitrogens with one attached hydrogen (secondary N) is 6. The zero-order chi connectivity index (χ0) is 95.1. The molecule has 10 aliphatic rings. The second-order valence-corrected chi connectivity index (χ2v) is 32.5. The van der Waals surface area contributed by atoms with Gasteiger partial charge in [-0.3, -0.25) is 28.8 Å². The SMILES string of the molecule is CC(=O)N[C@H]1[C@H](O[C@H]2[C@H](O)[C@@H](NC(C)=O)C(O)O[C@@H]2CO)O[C@H](CO)[C@@H](O[C@@H]2O[C@H](CO[C@H]3O[C@H](CO[C@H]4O[C@H](CO)[C@@H](O)[C@H](O)[C@@H]4O)[C@@H](O)[C@H](O)[C@@H]3O[C@@H]3O[C@H](CO)[C@@H](O)[C@H](O)[C@H]3NC(C)=O)[C@@H](O[C@@H]3O[C@H](CO)[C@@H](O)[C@H](O)[C@H]3NC(C)=O)[C@H](O[C@H]3O[C@H](CO)[C@@H](O[C@@H]4O[C@H](CO)[C@@H](O)[C@H](O)[C@H]4NC(C)=O)[C@H](O)[C@@H]3O[C@@H]3O[C@H](CO)[C@@H](O)[C@H](O)[C@H]3NC(C)=O)[C@@H]2O)[C@@H]1O. The Bertz CT molecular complexity index is 3570. The third-order valence-electron chi connectivity index (χ3n) is 23.3. The van der Waals surface area contributed by atoms with Crippen molar-refractivity contribution >= 4 is 35.4 Å². The standard InChI is InChI=1S/C72H120N6O51/c1-17(87)73-33-49(103)56(28(12-84)113-63(33)110)123-68-38(78-22(6)92)50(104)57(29(13-85)119-68)125-70-55(109)60(127-72-62(129-67-37(77-21(5)91)48(102)42(96)26(10-82)117-67)54(108)58(30(14-86)120-72)124-64-34(74-18(2)88)45(99)39(93)23(7-79)114-64)59(126-65-35(75-19(3)89)46(100)40(94)24(8-80)115-65)32(122-70)16-112-71-61(128-66-36(76-20(4)90)47(101)41(95)25(9-81)116-66)52(106)44(98)31(121-71)15-111-69-53(107)51(105)43(97)27(11-83)118-69/h23-72,79-86,93-110H,7-16H2,1-6H3,(H,73,87)(H,74,88)(H,75,89)(H,76,90)(H,77,91)(H,78,92)/t23-,24-,25-,26-,27-,28-,29-,30-,31-,32-,33-,34-,35-,36-,37-,38-,39-,40-,41-,42-,43-,44-,45-,46-,47-,48-,49-,50-,51+,52+,53+,54+,55+,56-,57-,58-,59-,60-,61+,62+,63?,64+,65+,66+,67+,68+,69+,70+,71+,72-/m1/s1. The van der Waals surface area contributed by atoms with E-state index >= 15 is 0 Å². The maximum atomic E-state index is 13.6. The Morgan fingerprint density at radius 2 is 0.450 bits per heavy atom. The quantitative estimate of drug-likeness (QED) is 0.0284. The van der Waals surface area contributed by atoms with Crippen LogP contribution >= 0.6 is 0 Å². The predicted molar refractivity (Wildman–Crippen MR) is 399 cm³/mol. The largest absolute Gasteiger partial charge is 0.394 e. The number of hydrogen-bond donors (Lipinski definition) is 32. The Hall–Kier alpha value is -4.98. The summed E-state index contributed by atoms with van der Waals surface area (Å²) >= 11 is 0. The summed E-state index contributed by atoms with van der Waals surface area (Å²) in [6, 6.07) is -11.7. The molecule has 6 amide bonds. The van der Waals surface area contributed by atoms with Gasteiger partial charge in [0.15, 0.2) is 62.9 Å². The first-order chi connectivity index (χ1) is 61.0. The fraction of sp³-hybridized carbons (Fsp3) is 0.917. The van der Waals surface area contributed by atoms with Crippen molar-refractivity contribution < 1.29 is 252 Å². The van der Waals surface area contributed by atoms with Crippen molar-refractivity contribution in [3.63, 3.8) is 0 Å². The minimum Gasteiger partial charge on any atom is -0.394 e. The van der Waals surface area contributed by atoms with Gasteiger partial charge in [0, 0.05) is 41.5 Å². The maximum absolute atomic E-state index is 13.6. The lowest BCUT2D eigenvalue weighted by atomic mass is 9.93. The Morgan fingerprint density at radius 1 is 0.202 bits per heavy atom. The molecule has 0 aromatic rings. The molecular formula is C72H120N6O51. The molecule has 32 N–H and O–H groups in total. The van der Waals surface area contributed by atoms with E-state index in [0.717, 1.165) is 41.5 Å². The van der Waals surface area contributed by atoms with Crippen LogP contribution < -0.4 is 31.9 Å². The summed E-state index contributed by atoms with van der Waals surface area (Å²) in [6.07, 6.45) is -97.5. The Morgan fingerprint density at radius 3 is 0.829 bits per heavy atom. The van der Waals surface area contributed by atoms with Gasteiger partial charge in [0.2, 0.25) is 35.4 Å². The lowest BCUT2D eigenvalue weighted by Crippen LogP contribution is -2.72. The van der Waals surface area contributed by atoms with E-state index in [1.54, 1.807) is 0 Å². The Kier molecular flexibility index (Phi) is 38.4. The van der Waals surface area contributed by atoms with Gasteiger partial charge in [0.1, 0.15) is 244 Å². The molecule has 57 heteroatoms. The number of aliphatic hydroxyl groups is 26. The van der Waals surface area contributed by atoms with Crippen molar-refractivity contribution in [2.24, 2.45) is 0 Å². The van der Waals surface area contributed by atoms with Gasteiger partial charge in [-0.05, 0) is 0 Å². The molecule has 10 aliphatic heterocycles. The molecule has 10 fully saturated rings. The van der Waals surface area contributed by atoms with Crippen LogP contribution in [-0.4, -0.2) is 541 Å². The second kappa shape index (κ2) is 46.7. The minimum absolute atomic E-state index is 0.835. The predicted octanol–water partition coefficient (Wildman–Crippen LogP) is -21.9. The summed E-state index contributed by atoms with van der Waals surface area (Å²) in [5, 5.41) is 310. The molecule has 744 valence electrons. The van der Waals surface area contributed by atoms with Gasteiger partial charge in [-0.15, -0.1) is 0 Å². The number of carbonyl (C=O) groups excluding carboxylic acids is 6. The van der Waals surface area contributed by atoms with E-state index in [1.807, 2.05) is 0 Å². The normalized spacial score (nSPS) is 47.5. The number of aliphatic hydroxyl groups excluding tert-OH is 26. The molecule has 10 rings (SSSR count). The highest BCUT2D eigenvalue weighted by Gasteiger charge is 2.63. The van der Waals surface area contributed by atoms with Crippen LogP contribution in [0.3, 0.4) is 0 Å². The lowest BCUT2D eigenvalue weighted by Gasteiger charge is -2.53. The molecule has 129 heavy (non-hydrogen) atoms. The van der Waals surface area contributed by atoms with E-state index in [1.165, 1.54) is 0 Å². The summed E-state index contributed by atoms with van der Waals surface area (Å²) in [7, 11) is 0. The van der Waals surface area contributed by atoms with Crippen molar-refractivity contribution in [3.8, 4) is 0 Å². The molecule has 10 heterocycles. The fourth-order valence-electron chi connectivity index (χ4n) is 16.6. The highest BCUT2D eigenvalue weighted by molar-refractivity contribution is 5.75. The first kappa shape index (κ1) is 106. The number of carbonyl (C=O) groups is 6. The molecule has 50 atom stereocenters. The van der Waals surface area contributed by atoms with Gasteiger partial charge in [-0.1, -0.05) is 0 Å². The molecule has 1 unspecified atom stereocenters. The average Bonchev–Trinajstić information content (AvgIpc) is 0.759. The zero-order valence-corrected chi connectivity index (χ0v) is 69.8. The van der Waals surface area contributed by atoms with Gasteiger partial charge in [0.25, 0.3) is 0 Å². The van der Waals surface area contributed by atoms with E-state index < -0.39 is 408 Å². The van der Waals surface area contributed by atoms with E-state index in [9.17, 15) is 162 Å². The van der Waals surface area contributed by atoms with E-state index in [-0.39, 0.29) is 0 Å². The number of rotatable bonds is 34. The minimum atomic E-state index is -2.85. The zero-order valence-electron chi connectivity index (χ0n) is 69.8. The van der Waals surface area contributed by atoms with Crippen molar-refractivity contribution in [2.75, 3.05) is 66.1 Å². The molecule has 0 saturated carbocycles. The maximum Gasteiger partial charge on any atom is 0.217 e. The van der Waals surface area contributed by atoms with Crippen molar-refractivity contribution in [1.82, 2.24) is 31.9 Å². The van der Waals surface area contributed by atoms with Gasteiger partial charge >= 0.3 is 0 Å². The lowest BCUT2D eigenvalue weighted by molar-refractivity contribution is -0.412. The highest BCUT2D eigenvalue weighted by Crippen LogP contribution is 2.42. The van der Waals surface area contributed by atoms with Crippen molar-refractivity contribution in [2.45, 2.75) is 348 Å². The number of ether oxygens (including phenoxy) is 19. The topological polar surface area (TPSA) is 876 Å². The molecule has 0 aromatic heterocycles. The highest BCUT2D eigenvalue weighted by atomic mass is 16.8. The van der Waals surface area contributed by atoms with E-state index in [4.69, 9.17) is 90.0 Å². The van der Waals surface area contributed by atoms with Crippen LogP contribution in [0.25, 0.3) is 0 Å². The molecule has 0 bridgehead atoms.